The molecule has 0 aromatic heterocycles. The Morgan fingerprint density at radius 1 is 0.712 bits per heavy atom. The number of ether oxygens (including phenoxy) is 2. The van der Waals surface area contributed by atoms with Crippen LogP contribution in [0.4, 0.5) is 39.8 Å². The smallest absolute Gasteiger partial charge is 0.296 e. The van der Waals surface area contributed by atoms with Gasteiger partial charge >= 0.3 is 0 Å². The highest BCUT2D eigenvalue weighted by Crippen LogP contribution is 2.38. The van der Waals surface area contributed by atoms with E-state index in [1.54, 1.807) is 60.7 Å². The highest BCUT2D eigenvalue weighted by atomic mass is 32.2. The minimum atomic E-state index is -4.57. The van der Waals surface area contributed by atoms with Gasteiger partial charge in [-0.15, -0.1) is 0 Å². The molecule has 0 aliphatic heterocycles. The number of rotatable bonds is 15. The third-order valence-electron chi connectivity index (χ3n) is 9.78. The molecule has 0 saturated heterocycles. The third-order valence-corrected chi connectivity index (χ3v) is 12.3. The number of fused-ring (bicyclic) bond motifs is 2. The third kappa shape index (κ3) is 12.3. The van der Waals surface area contributed by atoms with Gasteiger partial charge in [0.2, 0.25) is 0 Å². The molecule has 18 nitrogen and oxygen atoms in total. The van der Waals surface area contributed by atoms with Crippen LogP contribution in [0.3, 0.4) is 0 Å². The summed E-state index contributed by atoms with van der Waals surface area (Å²) in [7, 11) is -11.7. The van der Waals surface area contributed by atoms with E-state index < -0.39 is 45.9 Å². The van der Waals surface area contributed by atoms with Crippen molar-refractivity contribution in [3.63, 3.8) is 0 Å². The number of aromatic hydroxyl groups is 1. The summed E-state index contributed by atoms with van der Waals surface area (Å²) < 4.78 is 107. The molecular formula is C45H44N6O12S3. The first-order valence-corrected chi connectivity index (χ1v) is 24.0. The van der Waals surface area contributed by atoms with E-state index in [2.05, 4.69) is 27.4 Å². The van der Waals surface area contributed by atoms with Gasteiger partial charge in [-0.1, -0.05) is 36.9 Å². The molecule has 0 aliphatic carbocycles. The fourth-order valence-corrected chi connectivity index (χ4v) is 8.17. The van der Waals surface area contributed by atoms with Crippen LogP contribution in [-0.2, 0) is 30.4 Å². The van der Waals surface area contributed by atoms with Gasteiger partial charge in [-0.05, 0) is 114 Å². The number of methoxy groups -OCH3 is 1. The normalized spacial score (nSPS) is 11.8. The summed E-state index contributed by atoms with van der Waals surface area (Å²) >= 11 is 0. The molecule has 7 aromatic rings. The number of hydrogen-bond acceptors (Lipinski definition) is 15. The Morgan fingerprint density at radius 2 is 1.36 bits per heavy atom. The van der Waals surface area contributed by atoms with E-state index in [4.69, 9.17) is 25.5 Å². The summed E-state index contributed by atoms with van der Waals surface area (Å²) in [6.07, 6.45) is -0.0220. The Morgan fingerprint density at radius 3 is 2.02 bits per heavy atom. The Balaban J connectivity index is 0.000000262. The molecular weight excluding hydrogens is 913 g/mol. The first-order valence-electron chi connectivity index (χ1n) is 19.5. The van der Waals surface area contributed by atoms with Crippen molar-refractivity contribution in [2.75, 3.05) is 41.6 Å². The molecule has 10 N–H and O–H groups in total. The molecule has 0 amide bonds. The predicted molar refractivity (Wildman–Crippen MR) is 255 cm³/mol. The molecule has 0 spiro atoms. The van der Waals surface area contributed by atoms with E-state index in [9.17, 15) is 39.5 Å². The van der Waals surface area contributed by atoms with Crippen LogP contribution >= 0.6 is 0 Å². The number of benzene rings is 7. The lowest BCUT2D eigenvalue weighted by atomic mass is 10.1. The van der Waals surface area contributed by atoms with Crippen molar-refractivity contribution in [2.45, 2.75) is 23.1 Å². The standard InChI is InChI=1S/C29H30N4O8S2.C16H14N2O4S/c1-18-13-26(30)29(40-3)17-27(18)33-32-22-7-5-20(6-8-22)19(2)31-23-9-10-25-21(14-23)15-24(43(37,38)39)16-28(25)41-11-4-12-42(34,35)36;17-15-14(23(20,21)22)9-10-8-12(6-7-13(10)16(15)19)18-11-4-2-1-3-5-11/h5-10,13-17,31H,2,4,11-12,30H2,1,3H3,(H,34,35,36)(H,37,38,39);1-9,18-19H,17H2,(H,20,21,22). The molecule has 0 radical (unpaired) electrons. The molecule has 0 atom stereocenters. The molecule has 66 heavy (non-hydrogen) atoms. The van der Waals surface area contributed by atoms with E-state index in [1.165, 1.54) is 19.2 Å². The van der Waals surface area contributed by atoms with Gasteiger partial charge in [0.05, 0.1) is 47.1 Å². The lowest BCUT2D eigenvalue weighted by Crippen LogP contribution is -2.09. The fraction of sp³-hybridized carbons (Fsp3) is 0.111. The van der Waals surface area contributed by atoms with E-state index in [0.29, 0.717) is 61.4 Å². The summed E-state index contributed by atoms with van der Waals surface area (Å²) in [6, 6.07) is 33.9. The van der Waals surface area contributed by atoms with Crippen molar-refractivity contribution in [3.8, 4) is 17.2 Å². The monoisotopic (exact) mass is 956 g/mol. The van der Waals surface area contributed by atoms with E-state index in [1.807, 2.05) is 49.4 Å². The number of anilines is 5. The second-order valence-electron chi connectivity index (χ2n) is 14.6. The maximum atomic E-state index is 11.9. The van der Waals surface area contributed by atoms with Crippen LogP contribution in [0.2, 0.25) is 0 Å². The minimum absolute atomic E-state index is 0.0220. The van der Waals surface area contributed by atoms with Crippen LogP contribution in [0.15, 0.2) is 148 Å². The van der Waals surface area contributed by atoms with Crippen LogP contribution in [0, 0.1) is 6.92 Å². The quantitative estimate of drug-likeness (QED) is 0.0156. The maximum Gasteiger partial charge on any atom is 0.296 e. The van der Waals surface area contributed by atoms with Crippen LogP contribution in [0.5, 0.6) is 17.2 Å². The van der Waals surface area contributed by atoms with Gasteiger partial charge in [0.1, 0.15) is 22.1 Å². The summed E-state index contributed by atoms with van der Waals surface area (Å²) in [5.74, 6) is -0.246. The highest BCUT2D eigenvalue weighted by Gasteiger charge is 2.20. The van der Waals surface area contributed by atoms with Gasteiger partial charge in [0, 0.05) is 45.7 Å². The molecule has 0 bridgehead atoms. The van der Waals surface area contributed by atoms with Gasteiger partial charge in [-0.3, -0.25) is 13.7 Å². The topological polar surface area (TPSA) is 303 Å². The van der Waals surface area contributed by atoms with Crippen molar-refractivity contribution < 1.29 is 53.5 Å². The molecule has 0 fully saturated rings. The molecule has 0 saturated carbocycles. The van der Waals surface area contributed by atoms with E-state index in [-0.39, 0.29) is 30.2 Å². The zero-order valence-corrected chi connectivity index (χ0v) is 37.7. The molecule has 7 aromatic carbocycles. The van der Waals surface area contributed by atoms with Crippen LogP contribution in [0.25, 0.3) is 27.2 Å². The Hall–Kier alpha value is -7.27. The van der Waals surface area contributed by atoms with Gasteiger partial charge in [0.15, 0.2) is 0 Å². The maximum absolute atomic E-state index is 11.9. The largest absolute Gasteiger partial charge is 0.505 e. The predicted octanol–water partition coefficient (Wildman–Crippen LogP) is 9.26. The van der Waals surface area contributed by atoms with Crippen molar-refractivity contribution in [2.24, 2.45) is 10.2 Å². The summed E-state index contributed by atoms with van der Waals surface area (Å²) in [4.78, 5) is -0.905. The van der Waals surface area contributed by atoms with Gasteiger partial charge in [-0.25, -0.2) is 0 Å². The average molecular weight is 957 g/mol. The minimum Gasteiger partial charge on any atom is -0.505 e. The zero-order valence-electron chi connectivity index (χ0n) is 35.2. The SMILES string of the molecule is C=C(Nc1ccc2c(OCCCS(=O)(=O)O)cc(S(=O)(=O)O)cc2c1)c1ccc(N=Nc2cc(OC)c(N)cc2C)cc1.Nc1c(S(=O)(=O)O)cc2cc(Nc3ccccc3)ccc2c1O. The Labute approximate surface area is 380 Å². The molecule has 0 unspecified atom stereocenters. The van der Waals surface area contributed by atoms with Gasteiger partial charge in [0.25, 0.3) is 30.4 Å². The van der Waals surface area contributed by atoms with Crippen LogP contribution < -0.4 is 31.6 Å². The number of para-hydroxylation sites is 1. The molecule has 21 heteroatoms. The number of nitrogens with zero attached hydrogens (tertiary/aromatic N) is 2. The lowest BCUT2D eigenvalue weighted by Gasteiger charge is -2.14. The average Bonchev–Trinajstić information content (AvgIpc) is 3.25. The first-order chi connectivity index (χ1) is 31.1. The van der Waals surface area contributed by atoms with Crippen molar-refractivity contribution in [1.82, 2.24) is 0 Å². The Bertz CT molecular complexity index is 3340. The summed E-state index contributed by atoms with van der Waals surface area (Å²) in [6.45, 7) is 5.85. The van der Waals surface area contributed by atoms with E-state index >= 15 is 0 Å². The Kier molecular flexibility index (Phi) is 14.5. The van der Waals surface area contributed by atoms with Crippen molar-refractivity contribution in [1.29, 1.82) is 0 Å². The first kappa shape index (κ1) is 48.2. The molecule has 344 valence electrons. The number of nitrogens with two attached hydrogens (primary N) is 2. The molecule has 0 heterocycles. The summed E-state index contributed by atoms with van der Waals surface area (Å²) in [5, 5.41) is 26.8. The zero-order chi connectivity index (χ0) is 48.0. The number of aryl methyl sites for hydroxylation is 1. The number of phenolic OH excluding ortho intramolecular Hbond substituents is 1. The second-order valence-corrected chi connectivity index (χ2v) is 19.0. The number of nitrogen functional groups attached to an aromatic ring is 2. The van der Waals surface area contributed by atoms with Crippen molar-refractivity contribution in [3.05, 3.63) is 139 Å². The molecule has 0 aliphatic rings. The van der Waals surface area contributed by atoms with Gasteiger partial charge < -0.3 is 36.7 Å². The summed E-state index contributed by atoms with van der Waals surface area (Å²) in [5.41, 5.74) is 17.2. The number of hydrogen-bond donors (Lipinski definition) is 8. The second kappa shape index (κ2) is 19.9. The van der Waals surface area contributed by atoms with Crippen molar-refractivity contribution >= 4 is 97.4 Å². The molecule has 7 rings (SSSR count). The van der Waals surface area contributed by atoms with Crippen LogP contribution in [0.1, 0.15) is 17.5 Å². The fourth-order valence-electron chi connectivity index (χ4n) is 6.51. The number of azo groups is 1. The van der Waals surface area contributed by atoms with E-state index in [0.717, 1.165) is 22.9 Å². The highest BCUT2D eigenvalue weighted by molar-refractivity contribution is 7.86. The van der Waals surface area contributed by atoms with Gasteiger partial charge in [-0.2, -0.15) is 35.5 Å². The van der Waals surface area contributed by atoms with Crippen LogP contribution in [-0.4, -0.2) is 63.5 Å². The lowest BCUT2D eigenvalue weighted by molar-refractivity contribution is 0.319. The number of nitrogens with one attached hydrogen (secondary N) is 2. The number of phenols is 1.